The average molecular weight is 402 g/mol. The number of benzene rings is 2. The number of nitrogens with zero attached hydrogens (tertiary/aromatic N) is 1. The van der Waals surface area contributed by atoms with E-state index in [9.17, 15) is 14.9 Å². The number of carbonyl (C=O) groups is 1. The minimum absolute atomic E-state index is 0.00821. The molecule has 138 valence electrons. The molecule has 1 aliphatic heterocycles. The smallest absolute Gasteiger partial charge is 0.269 e. The van der Waals surface area contributed by atoms with Crippen LogP contribution in [0.3, 0.4) is 0 Å². The van der Waals surface area contributed by atoms with Gasteiger partial charge in [-0.3, -0.25) is 14.9 Å². The van der Waals surface area contributed by atoms with Crippen molar-refractivity contribution in [1.29, 1.82) is 0 Å². The van der Waals surface area contributed by atoms with Crippen LogP contribution in [0.4, 0.5) is 5.69 Å². The Morgan fingerprint density at radius 3 is 2.48 bits per heavy atom. The predicted octanol–water partition coefficient (Wildman–Crippen LogP) is 3.54. The van der Waals surface area contributed by atoms with Gasteiger partial charge in [-0.15, -0.1) is 0 Å². The Hall–Kier alpha value is -2.91. The molecule has 2 aromatic carbocycles. The van der Waals surface area contributed by atoms with Gasteiger partial charge in [0.1, 0.15) is 29.0 Å². The standard InChI is InChI=1S/C18H14N2O5S2/c21-17-16(27-18(26)19-17)11-12-3-1-2-4-15(12)25-10-9-24-14-7-5-13(6-8-14)20(22)23/h1-8,11H,9-10H2,(H,19,21,26)/b16-11-. The van der Waals surface area contributed by atoms with E-state index < -0.39 is 4.92 Å². The summed E-state index contributed by atoms with van der Waals surface area (Å²) in [7, 11) is 0. The molecule has 2 aromatic rings. The van der Waals surface area contributed by atoms with E-state index in [2.05, 4.69) is 5.32 Å². The van der Waals surface area contributed by atoms with Crippen molar-refractivity contribution in [3.8, 4) is 11.5 Å². The summed E-state index contributed by atoms with van der Waals surface area (Å²) < 4.78 is 11.7. The van der Waals surface area contributed by atoms with Gasteiger partial charge in [-0.05, 0) is 24.3 Å². The Labute approximate surface area is 164 Å². The molecule has 27 heavy (non-hydrogen) atoms. The maximum absolute atomic E-state index is 11.8. The maximum atomic E-state index is 11.8. The zero-order valence-electron chi connectivity index (χ0n) is 13.9. The molecule has 0 saturated carbocycles. The summed E-state index contributed by atoms with van der Waals surface area (Å²) >= 11 is 6.19. The fraction of sp³-hybridized carbons (Fsp3) is 0.111. The fourth-order valence-corrected chi connectivity index (χ4v) is 3.30. The van der Waals surface area contributed by atoms with Crippen molar-refractivity contribution in [2.24, 2.45) is 0 Å². The number of hydrogen-bond acceptors (Lipinski definition) is 7. The van der Waals surface area contributed by atoms with E-state index in [1.165, 1.54) is 36.0 Å². The number of non-ortho nitro benzene ring substituents is 1. The molecule has 0 unspecified atom stereocenters. The van der Waals surface area contributed by atoms with Crippen LogP contribution in [0.1, 0.15) is 5.56 Å². The minimum atomic E-state index is -0.464. The number of hydrogen-bond donors (Lipinski definition) is 1. The third-order valence-corrected chi connectivity index (χ3v) is 4.67. The van der Waals surface area contributed by atoms with E-state index in [4.69, 9.17) is 21.7 Å². The van der Waals surface area contributed by atoms with Crippen LogP contribution >= 0.6 is 24.0 Å². The van der Waals surface area contributed by atoms with Gasteiger partial charge in [-0.2, -0.15) is 0 Å². The topological polar surface area (TPSA) is 90.7 Å². The Morgan fingerprint density at radius 1 is 1.11 bits per heavy atom. The van der Waals surface area contributed by atoms with Crippen molar-refractivity contribution in [2.75, 3.05) is 13.2 Å². The Morgan fingerprint density at radius 2 is 1.81 bits per heavy atom. The molecular weight excluding hydrogens is 388 g/mol. The summed E-state index contributed by atoms with van der Waals surface area (Å²) in [5.41, 5.74) is 0.768. The van der Waals surface area contributed by atoms with E-state index in [-0.39, 0.29) is 24.8 Å². The molecule has 7 nitrogen and oxygen atoms in total. The Kier molecular flexibility index (Phi) is 6.05. The van der Waals surface area contributed by atoms with Crippen LogP contribution in [0, 0.1) is 10.1 Å². The van der Waals surface area contributed by atoms with Crippen LogP contribution in [-0.2, 0) is 4.79 Å². The second kappa shape index (κ2) is 8.65. The summed E-state index contributed by atoms with van der Waals surface area (Å²) in [6, 6.07) is 13.2. The van der Waals surface area contributed by atoms with Crippen LogP contribution in [0.15, 0.2) is 53.4 Å². The van der Waals surface area contributed by atoms with Crippen LogP contribution in [0.25, 0.3) is 6.08 Å². The Bertz CT molecular complexity index is 912. The molecule has 0 atom stereocenters. The predicted molar refractivity (Wildman–Crippen MR) is 107 cm³/mol. The largest absolute Gasteiger partial charge is 0.490 e. The number of ether oxygens (including phenoxy) is 2. The number of nitro benzene ring substituents is 1. The quantitative estimate of drug-likeness (QED) is 0.249. The van der Waals surface area contributed by atoms with Crippen molar-refractivity contribution in [1.82, 2.24) is 5.32 Å². The lowest BCUT2D eigenvalue weighted by molar-refractivity contribution is -0.384. The summed E-state index contributed by atoms with van der Waals surface area (Å²) in [5.74, 6) is 0.914. The number of thiocarbonyl (C=S) groups is 1. The second-order valence-corrected chi connectivity index (χ2v) is 7.06. The van der Waals surface area contributed by atoms with Crippen LogP contribution in [-0.4, -0.2) is 28.4 Å². The van der Waals surface area contributed by atoms with Gasteiger partial charge in [-0.25, -0.2) is 0 Å². The summed E-state index contributed by atoms with van der Waals surface area (Å²) in [5, 5.41) is 13.2. The molecule has 1 fully saturated rings. The first-order valence-electron chi connectivity index (χ1n) is 7.87. The third kappa shape index (κ3) is 5.05. The zero-order chi connectivity index (χ0) is 19.2. The molecular formula is C18H14N2O5S2. The molecule has 1 heterocycles. The first-order valence-corrected chi connectivity index (χ1v) is 9.09. The molecule has 1 amide bonds. The van der Waals surface area contributed by atoms with Crippen molar-refractivity contribution >= 4 is 46.0 Å². The summed E-state index contributed by atoms with van der Waals surface area (Å²) in [6.07, 6.45) is 1.73. The lowest BCUT2D eigenvalue weighted by Gasteiger charge is -2.10. The first-order chi connectivity index (χ1) is 13.0. The highest BCUT2D eigenvalue weighted by atomic mass is 32.2. The summed E-state index contributed by atoms with van der Waals surface area (Å²) in [6.45, 7) is 0.539. The van der Waals surface area contributed by atoms with Crippen molar-refractivity contribution in [2.45, 2.75) is 0 Å². The summed E-state index contributed by atoms with van der Waals surface area (Å²) in [4.78, 5) is 22.5. The monoisotopic (exact) mass is 402 g/mol. The first kappa shape index (κ1) is 18.9. The highest BCUT2D eigenvalue weighted by Gasteiger charge is 2.22. The second-order valence-electron chi connectivity index (χ2n) is 5.34. The van der Waals surface area contributed by atoms with Crippen molar-refractivity contribution < 1.29 is 19.2 Å². The Balaban J connectivity index is 1.57. The normalized spacial score (nSPS) is 14.9. The number of rotatable bonds is 7. The van der Waals surface area contributed by atoms with Crippen molar-refractivity contribution in [3.63, 3.8) is 0 Å². The van der Waals surface area contributed by atoms with Gasteiger partial charge in [0.15, 0.2) is 0 Å². The maximum Gasteiger partial charge on any atom is 0.269 e. The van der Waals surface area contributed by atoms with E-state index in [1.807, 2.05) is 18.2 Å². The molecule has 1 saturated heterocycles. The molecule has 0 aromatic heterocycles. The molecule has 1 N–H and O–H groups in total. The highest BCUT2D eigenvalue weighted by molar-refractivity contribution is 8.26. The highest BCUT2D eigenvalue weighted by Crippen LogP contribution is 2.29. The average Bonchev–Trinajstić information content (AvgIpc) is 2.97. The SMILES string of the molecule is O=C1NC(=S)S/C1=C\c1ccccc1OCCOc1ccc([N+](=O)[O-])cc1. The molecule has 9 heteroatoms. The van der Waals surface area contributed by atoms with Gasteiger partial charge >= 0.3 is 0 Å². The minimum Gasteiger partial charge on any atom is -0.490 e. The molecule has 0 radical (unpaired) electrons. The van der Waals surface area contributed by atoms with E-state index in [0.29, 0.717) is 20.7 Å². The fourth-order valence-electron chi connectivity index (χ4n) is 2.27. The van der Waals surface area contributed by atoms with Crippen LogP contribution < -0.4 is 14.8 Å². The third-order valence-electron chi connectivity index (χ3n) is 3.50. The zero-order valence-corrected chi connectivity index (χ0v) is 15.5. The molecule has 3 rings (SSSR count). The van der Waals surface area contributed by atoms with E-state index in [0.717, 1.165) is 5.56 Å². The lowest BCUT2D eigenvalue weighted by Crippen LogP contribution is -2.17. The van der Waals surface area contributed by atoms with Gasteiger partial charge in [0, 0.05) is 17.7 Å². The number of nitro groups is 1. The van der Waals surface area contributed by atoms with Crippen LogP contribution in [0.2, 0.25) is 0 Å². The molecule has 0 spiro atoms. The number of nitrogens with one attached hydrogen (secondary N) is 1. The van der Waals surface area contributed by atoms with E-state index >= 15 is 0 Å². The van der Waals surface area contributed by atoms with Gasteiger partial charge in [0.25, 0.3) is 11.6 Å². The number of amides is 1. The molecule has 0 aliphatic carbocycles. The van der Waals surface area contributed by atoms with Gasteiger partial charge in [0.05, 0.1) is 9.83 Å². The van der Waals surface area contributed by atoms with Crippen molar-refractivity contribution in [3.05, 3.63) is 69.1 Å². The number of thioether (sulfide) groups is 1. The van der Waals surface area contributed by atoms with E-state index in [1.54, 1.807) is 12.1 Å². The number of para-hydroxylation sites is 1. The number of carbonyl (C=O) groups excluding carboxylic acids is 1. The van der Waals surface area contributed by atoms with Gasteiger partial charge in [0.2, 0.25) is 0 Å². The molecule has 0 bridgehead atoms. The lowest BCUT2D eigenvalue weighted by atomic mass is 10.2. The molecule has 1 aliphatic rings. The van der Waals surface area contributed by atoms with Crippen LogP contribution in [0.5, 0.6) is 11.5 Å². The van der Waals surface area contributed by atoms with Gasteiger partial charge in [-0.1, -0.05) is 42.2 Å². The van der Waals surface area contributed by atoms with Gasteiger partial charge < -0.3 is 14.8 Å².